The Kier molecular flexibility index (Phi) is 3.49. The molecule has 1 atom stereocenters. The van der Waals surface area contributed by atoms with Crippen molar-refractivity contribution in [1.82, 2.24) is 0 Å². The Morgan fingerprint density at radius 2 is 1.85 bits per heavy atom. The average molecular weight is 286 g/mol. The SMILES string of the molecule is C[C@@H]1CCc2ccccc2N1C(=O)c1ccc(Cl)cc1. The molecule has 0 saturated heterocycles. The number of carbonyl (C=O) groups is 1. The third-order valence-corrected chi connectivity index (χ3v) is 4.09. The lowest BCUT2D eigenvalue weighted by atomic mass is 9.96. The van der Waals surface area contributed by atoms with Crippen molar-refractivity contribution in [2.24, 2.45) is 0 Å². The second-order valence-electron chi connectivity index (χ2n) is 5.20. The maximum atomic E-state index is 12.8. The number of aryl methyl sites for hydroxylation is 1. The Morgan fingerprint density at radius 3 is 2.60 bits per heavy atom. The van der Waals surface area contributed by atoms with E-state index in [2.05, 4.69) is 13.0 Å². The molecule has 0 N–H and O–H groups in total. The molecule has 102 valence electrons. The van der Waals surface area contributed by atoms with Gasteiger partial charge in [-0.1, -0.05) is 29.8 Å². The number of nitrogens with zero attached hydrogens (tertiary/aromatic N) is 1. The van der Waals surface area contributed by atoms with Crippen LogP contribution in [-0.2, 0) is 6.42 Å². The molecule has 0 spiro atoms. The molecule has 0 fully saturated rings. The highest BCUT2D eigenvalue weighted by atomic mass is 35.5. The van der Waals surface area contributed by atoms with Gasteiger partial charge < -0.3 is 4.90 Å². The predicted octanol–water partition coefficient (Wildman–Crippen LogP) is 4.32. The quantitative estimate of drug-likeness (QED) is 0.764. The molecule has 1 aliphatic rings. The van der Waals surface area contributed by atoms with E-state index in [1.165, 1.54) is 5.56 Å². The highest BCUT2D eigenvalue weighted by Gasteiger charge is 2.28. The van der Waals surface area contributed by atoms with E-state index in [9.17, 15) is 4.79 Å². The van der Waals surface area contributed by atoms with Crippen molar-refractivity contribution < 1.29 is 4.79 Å². The zero-order chi connectivity index (χ0) is 14.1. The number of hydrogen-bond acceptors (Lipinski definition) is 1. The van der Waals surface area contributed by atoms with E-state index in [1.807, 2.05) is 23.1 Å². The highest BCUT2D eigenvalue weighted by molar-refractivity contribution is 6.30. The molecule has 2 nitrogen and oxygen atoms in total. The Balaban J connectivity index is 2.00. The molecule has 1 heterocycles. The summed E-state index contributed by atoms with van der Waals surface area (Å²) in [6.45, 7) is 2.10. The number of benzene rings is 2. The summed E-state index contributed by atoms with van der Waals surface area (Å²) in [4.78, 5) is 14.7. The van der Waals surface area contributed by atoms with Crippen molar-refractivity contribution in [3.8, 4) is 0 Å². The van der Waals surface area contributed by atoms with Crippen molar-refractivity contribution in [2.45, 2.75) is 25.8 Å². The first-order valence-corrected chi connectivity index (χ1v) is 7.21. The number of halogens is 1. The lowest BCUT2D eigenvalue weighted by Gasteiger charge is -2.35. The summed E-state index contributed by atoms with van der Waals surface area (Å²) < 4.78 is 0. The fourth-order valence-electron chi connectivity index (χ4n) is 2.73. The van der Waals surface area contributed by atoms with Crippen LogP contribution >= 0.6 is 11.6 Å². The molecule has 3 rings (SSSR count). The molecule has 2 aromatic rings. The van der Waals surface area contributed by atoms with Crippen molar-refractivity contribution in [3.05, 3.63) is 64.7 Å². The first-order valence-electron chi connectivity index (χ1n) is 6.84. The van der Waals surface area contributed by atoms with Crippen LogP contribution in [0.4, 0.5) is 5.69 Å². The predicted molar refractivity (Wildman–Crippen MR) is 82.5 cm³/mol. The third-order valence-electron chi connectivity index (χ3n) is 3.83. The first kappa shape index (κ1) is 13.2. The van der Waals surface area contributed by atoms with E-state index in [0.717, 1.165) is 18.5 Å². The van der Waals surface area contributed by atoms with Crippen molar-refractivity contribution >= 4 is 23.2 Å². The average Bonchev–Trinajstić information content (AvgIpc) is 2.47. The highest BCUT2D eigenvalue weighted by Crippen LogP contribution is 2.31. The van der Waals surface area contributed by atoms with Crippen LogP contribution in [0.1, 0.15) is 29.3 Å². The van der Waals surface area contributed by atoms with E-state index in [1.54, 1.807) is 24.3 Å². The van der Waals surface area contributed by atoms with Gasteiger partial charge in [0, 0.05) is 22.3 Å². The van der Waals surface area contributed by atoms with Gasteiger partial charge in [0.1, 0.15) is 0 Å². The van der Waals surface area contributed by atoms with Crippen LogP contribution in [-0.4, -0.2) is 11.9 Å². The third kappa shape index (κ3) is 2.32. The van der Waals surface area contributed by atoms with Crippen LogP contribution in [0.5, 0.6) is 0 Å². The minimum absolute atomic E-state index is 0.0429. The summed E-state index contributed by atoms with van der Waals surface area (Å²) in [6, 6.07) is 15.4. The maximum Gasteiger partial charge on any atom is 0.258 e. The Morgan fingerprint density at radius 1 is 1.15 bits per heavy atom. The molecule has 1 amide bonds. The van der Waals surface area contributed by atoms with Crippen molar-refractivity contribution in [1.29, 1.82) is 0 Å². The lowest BCUT2D eigenvalue weighted by molar-refractivity contribution is 0.0975. The van der Waals surface area contributed by atoms with E-state index < -0.39 is 0 Å². The topological polar surface area (TPSA) is 20.3 Å². The fourth-order valence-corrected chi connectivity index (χ4v) is 2.86. The molecular formula is C17H16ClNO. The zero-order valence-corrected chi connectivity index (χ0v) is 12.1. The van der Waals surface area contributed by atoms with Crippen LogP contribution in [0, 0.1) is 0 Å². The Hall–Kier alpha value is -1.80. The number of para-hydroxylation sites is 1. The molecule has 0 unspecified atom stereocenters. The summed E-state index contributed by atoms with van der Waals surface area (Å²) >= 11 is 5.89. The van der Waals surface area contributed by atoms with E-state index in [-0.39, 0.29) is 11.9 Å². The van der Waals surface area contributed by atoms with Gasteiger partial charge in [0.2, 0.25) is 0 Å². The second kappa shape index (κ2) is 5.29. The van der Waals surface area contributed by atoms with E-state index >= 15 is 0 Å². The van der Waals surface area contributed by atoms with Crippen LogP contribution in [0.3, 0.4) is 0 Å². The lowest BCUT2D eigenvalue weighted by Crippen LogP contribution is -2.42. The van der Waals surface area contributed by atoms with Gasteiger partial charge in [-0.25, -0.2) is 0 Å². The Bertz CT molecular complexity index is 636. The van der Waals surface area contributed by atoms with Gasteiger partial charge in [0.25, 0.3) is 5.91 Å². The largest absolute Gasteiger partial charge is 0.305 e. The van der Waals surface area contributed by atoms with Crippen molar-refractivity contribution in [3.63, 3.8) is 0 Å². The second-order valence-corrected chi connectivity index (χ2v) is 5.63. The number of hydrogen-bond donors (Lipinski definition) is 0. The molecule has 0 bridgehead atoms. The standard InChI is InChI=1S/C17H16ClNO/c1-12-6-7-13-4-2-3-5-16(13)19(12)17(20)14-8-10-15(18)11-9-14/h2-5,8-12H,6-7H2,1H3/t12-/m1/s1. The molecule has 20 heavy (non-hydrogen) atoms. The van der Waals surface area contributed by atoms with Gasteiger partial charge >= 0.3 is 0 Å². The molecule has 0 aromatic heterocycles. The smallest absolute Gasteiger partial charge is 0.258 e. The fraction of sp³-hybridized carbons (Fsp3) is 0.235. The van der Waals surface area contributed by atoms with Gasteiger partial charge in [0.15, 0.2) is 0 Å². The van der Waals surface area contributed by atoms with Gasteiger partial charge in [-0.15, -0.1) is 0 Å². The molecule has 0 radical (unpaired) electrons. The van der Waals surface area contributed by atoms with Crippen LogP contribution in [0.2, 0.25) is 5.02 Å². The molecular weight excluding hydrogens is 270 g/mol. The molecule has 0 saturated carbocycles. The van der Waals surface area contributed by atoms with Crippen LogP contribution < -0.4 is 4.90 Å². The molecule has 2 aromatic carbocycles. The summed E-state index contributed by atoms with van der Waals surface area (Å²) in [5.74, 6) is 0.0429. The van der Waals surface area contributed by atoms with Gasteiger partial charge in [0.05, 0.1) is 0 Å². The summed E-state index contributed by atoms with van der Waals surface area (Å²) in [7, 11) is 0. The monoisotopic (exact) mass is 285 g/mol. The van der Waals surface area contributed by atoms with Gasteiger partial charge in [-0.05, 0) is 55.7 Å². The first-order chi connectivity index (χ1) is 9.66. The molecule has 3 heteroatoms. The number of anilines is 1. The number of amides is 1. The van der Waals surface area contributed by atoms with Gasteiger partial charge in [-0.2, -0.15) is 0 Å². The number of carbonyl (C=O) groups excluding carboxylic acids is 1. The number of rotatable bonds is 1. The summed E-state index contributed by atoms with van der Waals surface area (Å²) in [5, 5.41) is 0.647. The molecule has 0 aliphatic carbocycles. The normalized spacial score (nSPS) is 17.7. The summed E-state index contributed by atoms with van der Waals surface area (Å²) in [5.41, 5.74) is 2.96. The van der Waals surface area contributed by atoms with Crippen molar-refractivity contribution in [2.75, 3.05) is 4.90 Å². The Labute approximate surface area is 124 Å². The van der Waals surface area contributed by atoms with Crippen LogP contribution in [0.25, 0.3) is 0 Å². The number of fused-ring (bicyclic) bond motifs is 1. The van der Waals surface area contributed by atoms with E-state index in [0.29, 0.717) is 10.6 Å². The zero-order valence-electron chi connectivity index (χ0n) is 11.3. The maximum absolute atomic E-state index is 12.8. The van der Waals surface area contributed by atoms with Gasteiger partial charge in [-0.3, -0.25) is 4.79 Å². The molecule has 1 aliphatic heterocycles. The van der Waals surface area contributed by atoms with E-state index in [4.69, 9.17) is 11.6 Å². The van der Waals surface area contributed by atoms with Crippen LogP contribution in [0.15, 0.2) is 48.5 Å². The minimum Gasteiger partial charge on any atom is -0.305 e. The summed E-state index contributed by atoms with van der Waals surface area (Å²) in [6.07, 6.45) is 2.03. The minimum atomic E-state index is 0.0429.